The number of nitriles is 1. The third-order valence-electron chi connectivity index (χ3n) is 2.38. The van der Waals surface area contributed by atoms with Crippen LogP contribution in [0.1, 0.15) is 26.7 Å². The molecule has 11 heteroatoms. The molecule has 0 fully saturated rings. The maximum absolute atomic E-state index is 12.2. The minimum Gasteiger partial charge on any atom is -0.481 e. The van der Waals surface area contributed by atoms with Crippen LogP contribution < -0.4 is 0 Å². The summed E-state index contributed by atoms with van der Waals surface area (Å²) in [5, 5.41) is 17.6. The summed E-state index contributed by atoms with van der Waals surface area (Å²) in [5.41, 5.74) is 0. The number of hydrogen-bond donors (Lipinski definition) is 3. The van der Waals surface area contributed by atoms with Crippen molar-refractivity contribution in [3.05, 3.63) is 0 Å². The van der Waals surface area contributed by atoms with Crippen molar-refractivity contribution in [2.75, 3.05) is 5.75 Å². The number of thiol groups is 1. The van der Waals surface area contributed by atoms with Crippen LogP contribution in [0.5, 0.6) is 0 Å². The number of carbonyl (C=O) groups is 1. The Labute approximate surface area is 121 Å². The van der Waals surface area contributed by atoms with Gasteiger partial charge in [-0.2, -0.15) is 25.0 Å². The van der Waals surface area contributed by atoms with Crippen molar-refractivity contribution in [3.63, 3.8) is 0 Å². The summed E-state index contributed by atoms with van der Waals surface area (Å²) in [6.45, 7) is 2.42. The van der Waals surface area contributed by atoms with Crippen LogP contribution in [0.15, 0.2) is 0 Å². The van der Waals surface area contributed by atoms with Gasteiger partial charge in [-0.3, -0.25) is 9.35 Å². The summed E-state index contributed by atoms with van der Waals surface area (Å²) >= 11 is -0.182. The minimum atomic E-state index is -5.00. The highest BCUT2D eigenvalue weighted by atomic mass is 32.3. The average molecular weight is 345 g/mol. The zero-order chi connectivity index (χ0) is 16.2. The molecule has 0 aliphatic carbocycles. The Balaban J connectivity index is 5.98. The lowest BCUT2D eigenvalue weighted by Gasteiger charge is -2.21. The fourth-order valence-corrected chi connectivity index (χ4v) is 6.73. The molecule has 8 nitrogen and oxygen atoms in total. The average Bonchev–Trinajstić information content (AvgIpc) is 2.30. The molecule has 0 rings (SSSR count). The van der Waals surface area contributed by atoms with Crippen molar-refractivity contribution < 1.29 is 31.3 Å². The lowest BCUT2D eigenvalue weighted by atomic mass is 10.1. The van der Waals surface area contributed by atoms with E-state index in [0.29, 0.717) is 0 Å². The number of rotatable bonds is 5. The smallest absolute Gasteiger partial charge is 0.310 e. The lowest BCUT2D eigenvalue weighted by Crippen LogP contribution is -2.41. The lowest BCUT2D eigenvalue weighted by molar-refractivity contribution is -0.137. The van der Waals surface area contributed by atoms with Crippen LogP contribution in [0.4, 0.5) is 0 Å². The normalized spacial score (nSPS) is 16.6. The van der Waals surface area contributed by atoms with Crippen LogP contribution in [0.3, 0.4) is 0 Å². The number of sulfone groups is 1. The van der Waals surface area contributed by atoms with Crippen LogP contribution in [-0.2, 0) is 24.7 Å². The van der Waals surface area contributed by atoms with E-state index in [-0.39, 0.29) is 17.1 Å². The van der Waals surface area contributed by atoms with E-state index in [1.807, 2.05) is 0 Å². The largest absolute Gasteiger partial charge is 0.481 e. The summed E-state index contributed by atoms with van der Waals surface area (Å²) in [5.74, 6) is -1.22. The van der Waals surface area contributed by atoms with Gasteiger partial charge in [0.25, 0.3) is 0 Å². The van der Waals surface area contributed by atoms with Gasteiger partial charge < -0.3 is 5.11 Å². The molecule has 2 N–H and O–H groups in total. The van der Waals surface area contributed by atoms with Gasteiger partial charge >= 0.3 is 16.1 Å². The summed E-state index contributed by atoms with van der Waals surface area (Å²) in [6, 6.07) is 1.43. The van der Waals surface area contributed by atoms with Crippen LogP contribution in [-0.4, -0.2) is 46.5 Å². The number of aliphatic carboxylic acids is 1. The molecule has 1 unspecified atom stereocenters. The van der Waals surface area contributed by atoms with Gasteiger partial charge in [0.2, 0.25) is 13.4 Å². The van der Waals surface area contributed by atoms with Crippen LogP contribution in [0.25, 0.3) is 0 Å². The molecule has 20 heavy (non-hydrogen) atoms. The maximum Gasteiger partial charge on any atom is 0.310 e. The number of hydrogen-bond acceptors (Lipinski definition) is 6. The molecule has 1 atom stereocenters. The van der Waals surface area contributed by atoms with E-state index in [9.17, 15) is 21.6 Å². The second-order valence-electron chi connectivity index (χ2n) is 3.96. The predicted molar refractivity (Wildman–Crippen MR) is 75.9 cm³/mol. The van der Waals surface area contributed by atoms with Crippen molar-refractivity contribution in [2.24, 2.45) is 0 Å². The fraction of sp³-hybridized carbons (Fsp3) is 0.667. The van der Waals surface area contributed by atoms with E-state index in [1.165, 1.54) is 13.0 Å². The molecular weight excluding hydrogens is 330 g/mol. The van der Waals surface area contributed by atoms with E-state index in [0.717, 1.165) is 6.92 Å². The van der Waals surface area contributed by atoms with Crippen molar-refractivity contribution in [1.82, 2.24) is 0 Å². The van der Waals surface area contributed by atoms with E-state index < -0.39 is 47.0 Å². The highest BCUT2D eigenvalue weighted by Crippen LogP contribution is 2.27. The summed E-state index contributed by atoms with van der Waals surface area (Å²) in [4.78, 5) is 10.5. The van der Waals surface area contributed by atoms with Gasteiger partial charge in [0, 0.05) is 6.42 Å². The number of carboxylic acid groups (broad SMARTS) is 1. The van der Waals surface area contributed by atoms with Crippen molar-refractivity contribution in [2.45, 2.75) is 31.4 Å². The first-order chi connectivity index (χ1) is 8.92. The third-order valence-corrected chi connectivity index (χ3v) is 8.82. The first kappa shape index (κ1) is 19.0. The second kappa shape index (κ2) is 6.66. The summed E-state index contributed by atoms with van der Waals surface area (Å²) in [6.07, 6.45) is -1.20. The zero-order valence-electron chi connectivity index (χ0n) is 10.8. The molecule has 0 aliphatic heterocycles. The van der Waals surface area contributed by atoms with Gasteiger partial charge in [0.05, 0.1) is 6.07 Å². The molecule has 0 saturated carbocycles. The van der Waals surface area contributed by atoms with Gasteiger partial charge in [-0.05, 0) is 19.1 Å². The molecule has 0 amide bonds. The van der Waals surface area contributed by atoms with Crippen LogP contribution >= 0.6 is 11.4 Å². The Morgan fingerprint density at radius 3 is 2.15 bits per heavy atom. The van der Waals surface area contributed by atoms with Gasteiger partial charge in [-0.1, -0.05) is 6.92 Å². The van der Waals surface area contributed by atoms with Crippen molar-refractivity contribution >= 4 is 40.8 Å². The molecule has 0 aromatic rings. The highest BCUT2D eigenvalue weighted by Gasteiger charge is 2.46. The Hall–Kier alpha value is -0.960. The Bertz CT molecular complexity index is 656. The molecule has 0 bridgehead atoms. The second-order valence-corrected chi connectivity index (χ2v) is 9.89. The molecule has 0 aliphatic rings. The predicted octanol–water partition coefficient (Wildman–Crippen LogP) is 0.00888. The first-order valence-corrected chi connectivity index (χ1v) is 9.32. The van der Waals surface area contributed by atoms with Crippen LogP contribution in [0.2, 0.25) is 0 Å². The number of nitrogens with zero attached hydrogens (tertiary/aromatic N) is 1. The van der Waals surface area contributed by atoms with E-state index >= 15 is 0 Å². The molecule has 0 aromatic carbocycles. The van der Waals surface area contributed by atoms with E-state index in [4.69, 9.17) is 14.9 Å². The quantitative estimate of drug-likeness (QED) is 0.358. The summed E-state index contributed by atoms with van der Waals surface area (Å²) < 4.78 is 52.4. The van der Waals surface area contributed by atoms with Crippen molar-refractivity contribution in [1.29, 1.82) is 5.26 Å². The van der Waals surface area contributed by atoms with Gasteiger partial charge in [-0.25, -0.2) is 8.42 Å². The number of carboxylic acids is 1. The van der Waals surface area contributed by atoms with Gasteiger partial charge in [0.1, 0.15) is 0 Å². The van der Waals surface area contributed by atoms with Crippen LogP contribution in [0, 0.1) is 11.3 Å². The Kier molecular flexibility index (Phi) is 6.34. The first-order valence-electron chi connectivity index (χ1n) is 5.32. The van der Waals surface area contributed by atoms with Crippen molar-refractivity contribution in [3.8, 4) is 6.07 Å². The molecular formula is C9H15NO7S3. The zero-order valence-corrected chi connectivity index (χ0v) is 13.3. The maximum atomic E-state index is 12.2. The summed E-state index contributed by atoms with van der Waals surface area (Å²) in [7, 11) is -9.69. The van der Waals surface area contributed by atoms with E-state index in [1.54, 1.807) is 0 Å². The standard InChI is InChI=1S/C9H15NO7S3/c1-3-18-8(20(15,16)17)19(13,14)9(2,6-10)5-4-7(11)12/h18H,3-5H2,1-2H3,(H,11,12)(H,15,16,17). The molecule has 0 aromatic heterocycles. The third kappa shape index (κ3) is 4.27. The monoisotopic (exact) mass is 345 g/mol. The van der Waals surface area contributed by atoms with Gasteiger partial charge in [-0.15, -0.1) is 0 Å². The topological polar surface area (TPSA) is 150 Å². The Morgan fingerprint density at radius 1 is 1.35 bits per heavy atom. The molecule has 0 saturated heterocycles. The van der Waals surface area contributed by atoms with E-state index in [2.05, 4.69) is 0 Å². The molecule has 0 heterocycles. The molecule has 116 valence electrons. The fourth-order valence-electron chi connectivity index (χ4n) is 1.22. The molecule has 0 spiro atoms. The Morgan fingerprint density at radius 2 is 1.85 bits per heavy atom. The van der Waals surface area contributed by atoms with Gasteiger partial charge in [0.15, 0.2) is 4.75 Å². The highest BCUT2D eigenvalue weighted by molar-refractivity contribution is 8.42. The SMILES string of the molecule is CC[SH]=C(S(=O)(=O)O)S(=O)(=O)C(C)(C#N)CCC(=O)O. The molecule has 0 radical (unpaired) electrons. The minimum absolute atomic E-state index is 0.0921.